The average molecular weight is 354 g/mol. The van der Waals surface area contributed by atoms with Crippen LogP contribution in [-0.4, -0.2) is 32.4 Å². The fourth-order valence-electron chi connectivity index (χ4n) is 2.90. The summed E-state index contributed by atoms with van der Waals surface area (Å²) in [5.74, 6) is 1.43. The van der Waals surface area contributed by atoms with Crippen LogP contribution in [0.15, 0.2) is 18.3 Å². The van der Waals surface area contributed by atoms with Gasteiger partial charge in [0, 0.05) is 29.4 Å². The summed E-state index contributed by atoms with van der Waals surface area (Å²) in [5, 5.41) is 0. The Morgan fingerprint density at radius 2 is 2.00 bits per heavy atom. The van der Waals surface area contributed by atoms with Crippen LogP contribution >= 0.6 is 0 Å². The van der Waals surface area contributed by atoms with Crippen molar-refractivity contribution < 1.29 is 9.53 Å². The standard InChI is InChI=1S/C20H26N4O2/c1-6-15-17(8-7-13(2)22-15)26-12-18(25)24-10-14-9-21-19(20(3,4)5)23-16(14)11-24/h7-9H,6,10-12H2,1-5H3. The summed E-state index contributed by atoms with van der Waals surface area (Å²) in [7, 11) is 0. The molecule has 2 aromatic heterocycles. The van der Waals surface area contributed by atoms with Gasteiger partial charge in [0.25, 0.3) is 5.91 Å². The molecule has 6 heteroatoms. The molecule has 26 heavy (non-hydrogen) atoms. The maximum absolute atomic E-state index is 12.6. The number of aromatic nitrogens is 3. The summed E-state index contributed by atoms with van der Waals surface area (Å²) in [6, 6.07) is 3.78. The quantitative estimate of drug-likeness (QED) is 0.844. The second-order valence-electron chi connectivity index (χ2n) is 7.71. The van der Waals surface area contributed by atoms with Crippen LogP contribution in [0, 0.1) is 6.92 Å². The first-order chi connectivity index (χ1) is 12.3. The predicted octanol–water partition coefficient (Wildman–Crippen LogP) is 2.96. The lowest BCUT2D eigenvalue weighted by Crippen LogP contribution is -2.30. The fourth-order valence-corrected chi connectivity index (χ4v) is 2.90. The zero-order chi connectivity index (χ0) is 18.9. The number of pyridine rings is 1. The smallest absolute Gasteiger partial charge is 0.261 e. The molecule has 1 aliphatic heterocycles. The number of carbonyl (C=O) groups is 1. The molecule has 0 unspecified atom stereocenters. The number of carbonyl (C=O) groups excluding carboxylic acids is 1. The van der Waals surface area contributed by atoms with Gasteiger partial charge in [-0.05, 0) is 25.5 Å². The molecule has 0 aromatic carbocycles. The lowest BCUT2D eigenvalue weighted by molar-refractivity contribution is -0.134. The summed E-state index contributed by atoms with van der Waals surface area (Å²) in [6.45, 7) is 11.3. The Labute approximate surface area is 154 Å². The van der Waals surface area contributed by atoms with E-state index < -0.39 is 0 Å². The van der Waals surface area contributed by atoms with Gasteiger partial charge in [0.15, 0.2) is 6.61 Å². The van der Waals surface area contributed by atoms with Gasteiger partial charge in [0.05, 0.1) is 17.9 Å². The molecule has 0 fully saturated rings. The molecule has 0 spiro atoms. The first kappa shape index (κ1) is 18.3. The molecular formula is C20H26N4O2. The van der Waals surface area contributed by atoms with Crippen molar-refractivity contribution in [3.8, 4) is 5.75 Å². The number of nitrogens with zero attached hydrogens (tertiary/aromatic N) is 4. The van der Waals surface area contributed by atoms with Crippen molar-refractivity contribution in [2.45, 2.75) is 59.5 Å². The summed E-state index contributed by atoms with van der Waals surface area (Å²) < 4.78 is 5.74. The minimum atomic E-state index is -0.107. The lowest BCUT2D eigenvalue weighted by Gasteiger charge is -2.17. The minimum Gasteiger partial charge on any atom is -0.482 e. The summed E-state index contributed by atoms with van der Waals surface area (Å²) in [5.41, 5.74) is 3.67. The van der Waals surface area contributed by atoms with E-state index in [0.29, 0.717) is 18.8 Å². The third-order valence-corrected chi connectivity index (χ3v) is 4.44. The Bertz CT molecular complexity index is 827. The van der Waals surface area contributed by atoms with E-state index >= 15 is 0 Å². The molecular weight excluding hydrogens is 328 g/mol. The monoisotopic (exact) mass is 354 g/mol. The molecule has 1 amide bonds. The van der Waals surface area contributed by atoms with E-state index in [9.17, 15) is 4.79 Å². The van der Waals surface area contributed by atoms with Gasteiger partial charge in [-0.3, -0.25) is 9.78 Å². The predicted molar refractivity (Wildman–Crippen MR) is 98.8 cm³/mol. The van der Waals surface area contributed by atoms with Gasteiger partial charge in [-0.25, -0.2) is 9.97 Å². The van der Waals surface area contributed by atoms with Crippen LogP contribution in [0.4, 0.5) is 0 Å². The number of aryl methyl sites for hydroxylation is 2. The summed E-state index contributed by atoms with van der Waals surface area (Å²) in [6.07, 6.45) is 2.61. The number of ether oxygens (including phenoxy) is 1. The molecule has 6 nitrogen and oxygen atoms in total. The number of fused-ring (bicyclic) bond motifs is 1. The Hall–Kier alpha value is -2.50. The van der Waals surface area contributed by atoms with Crippen molar-refractivity contribution in [2.24, 2.45) is 0 Å². The molecule has 3 heterocycles. The highest BCUT2D eigenvalue weighted by atomic mass is 16.5. The van der Waals surface area contributed by atoms with Crippen molar-refractivity contribution in [1.82, 2.24) is 19.9 Å². The second kappa shape index (κ2) is 7.02. The van der Waals surface area contributed by atoms with Crippen molar-refractivity contribution in [1.29, 1.82) is 0 Å². The molecule has 0 radical (unpaired) electrons. The largest absolute Gasteiger partial charge is 0.482 e. The van der Waals surface area contributed by atoms with Crippen LogP contribution in [0.2, 0.25) is 0 Å². The highest BCUT2D eigenvalue weighted by Gasteiger charge is 2.27. The fraction of sp³-hybridized carbons (Fsp3) is 0.500. The molecule has 0 saturated carbocycles. The number of amides is 1. The van der Waals surface area contributed by atoms with Crippen LogP contribution in [0.5, 0.6) is 5.75 Å². The van der Waals surface area contributed by atoms with E-state index in [0.717, 1.165) is 34.9 Å². The normalized spacial score (nSPS) is 13.7. The lowest BCUT2D eigenvalue weighted by atomic mass is 9.95. The topological polar surface area (TPSA) is 68.2 Å². The highest BCUT2D eigenvalue weighted by Crippen LogP contribution is 2.25. The van der Waals surface area contributed by atoms with Gasteiger partial charge >= 0.3 is 0 Å². The van der Waals surface area contributed by atoms with Crippen molar-refractivity contribution in [3.63, 3.8) is 0 Å². The van der Waals surface area contributed by atoms with E-state index in [4.69, 9.17) is 4.74 Å². The van der Waals surface area contributed by atoms with Crippen LogP contribution in [0.25, 0.3) is 0 Å². The maximum atomic E-state index is 12.6. The zero-order valence-electron chi connectivity index (χ0n) is 16.2. The Kier molecular flexibility index (Phi) is 4.94. The van der Waals surface area contributed by atoms with Gasteiger partial charge < -0.3 is 9.64 Å². The van der Waals surface area contributed by atoms with E-state index in [1.807, 2.05) is 32.2 Å². The van der Waals surface area contributed by atoms with Crippen LogP contribution < -0.4 is 4.74 Å². The van der Waals surface area contributed by atoms with E-state index in [1.165, 1.54) is 0 Å². The highest BCUT2D eigenvalue weighted by molar-refractivity contribution is 5.78. The summed E-state index contributed by atoms with van der Waals surface area (Å²) in [4.78, 5) is 27.9. The molecule has 0 atom stereocenters. The van der Waals surface area contributed by atoms with Crippen LogP contribution in [0.3, 0.4) is 0 Å². The zero-order valence-corrected chi connectivity index (χ0v) is 16.2. The number of hydrogen-bond acceptors (Lipinski definition) is 5. The van der Waals surface area contributed by atoms with E-state index in [-0.39, 0.29) is 17.9 Å². The van der Waals surface area contributed by atoms with Gasteiger partial charge in [-0.15, -0.1) is 0 Å². The molecule has 0 saturated heterocycles. The molecule has 1 aliphatic rings. The van der Waals surface area contributed by atoms with Crippen LogP contribution in [-0.2, 0) is 29.7 Å². The number of rotatable bonds is 4. The van der Waals surface area contributed by atoms with Gasteiger partial charge in [-0.1, -0.05) is 27.7 Å². The van der Waals surface area contributed by atoms with Gasteiger partial charge in [-0.2, -0.15) is 0 Å². The molecule has 138 valence electrons. The Morgan fingerprint density at radius 3 is 2.69 bits per heavy atom. The van der Waals surface area contributed by atoms with Crippen molar-refractivity contribution >= 4 is 5.91 Å². The van der Waals surface area contributed by atoms with Crippen molar-refractivity contribution in [3.05, 3.63) is 46.8 Å². The van der Waals surface area contributed by atoms with Crippen LogP contribution in [0.1, 0.15) is 56.2 Å². The van der Waals surface area contributed by atoms with E-state index in [2.05, 4.69) is 35.7 Å². The Morgan fingerprint density at radius 1 is 1.23 bits per heavy atom. The SMILES string of the molecule is CCc1nc(C)ccc1OCC(=O)N1Cc2cnc(C(C)(C)C)nc2C1. The second-order valence-corrected chi connectivity index (χ2v) is 7.71. The minimum absolute atomic E-state index is 0.00524. The molecule has 3 rings (SSSR count). The van der Waals surface area contributed by atoms with Gasteiger partial charge in [0.2, 0.25) is 0 Å². The molecule has 0 N–H and O–H groups in total. The molecule has 0 aliphatic carbocycles. The Balaban J connectivity index is 1.65. The van der Waals surface area contributed by atoms with Crippen molar-refractivity contribution in [2.75, 3.05) is 6.61 Å². The molecule has 0 bridgehead atoms. The number of hydrogen-bond donors (Lipinski definition) is 0. The maximum Gasteiger partial charge on any atom is 0.261 e. The summed E-state index contributed by atoms with van der Waals surface area (Å²) >= 11 is 0. The van der Waals surface area contributed by atoms with Gasteiger partial charge in [0.1, 0.15) is 11.6 Å². The molecule has 2 aromatic rings. The first-order valence-corrected chi connectivity index (χ1v) is 9.00. The first-order valence-electron chi connectivity index (χ1n) is 9.00. The third-order valence-electron chi connectivity index (χ3n) is 4.44. The van der Waals surface area contributed by atoms with E-state index in [1.54, 1.807) is 4.90 Å². The average Bonchev–Trinajstić information content (AvgIpc) is 3.02. The third kappa shape index (κ3) is 3.84.